The summed E-state index contributed by atoms with van der Waals surface area (Å²) >= 11 is 7.08. The van der Waals surface area contributed by atoms with Crippen LogP contribution in [0.4, 0.5) is 16.2 Å². The van der Waals surface area contributed by atoms with Crippen LogP contribution in [0.25, 0.3) is 0 Å². The van der Waals surface area contributed by atoms with Crippen LogP contribution >= 0.6 is 22.9 Å². The monoisotopic (exact) mass is 657 g/mol. The van der Waals surface area contributed by atoms with Crippen LogP contribution in [0.1, 0.15) is 28.2 Å². The maximum Gasteiger partial charge on any atom is 0.414 e. The zero-order valence-corrected chi connectivity index (χ0v) is 25.7. The van der Waals surface area contributed by atoms with E-state index >= 15 is 0 Å². The highest BCUT2D eigenvalue weighted by Gasteiger charge is 2.36. The van der Waals surface area contributed by atoms with E-state index in [9.17, 15) is 24.0 Å². The Hall–Kier alpha value is -4.31. The summed E-state index contributed by atoms with van der Waals surface area (Å²) in [7, 11) is 0. The number of thiophene rings is 1. The van der Waals surface area contributed by atoms with Gasteiger partial charge in [0.25, 0.3) is 11.8 Å². The third-order valence-corrected chi connectivity index (χ3v) is 8.47. The normalized spacial score (nSPS) is 17.2. The molecular weight excluding hydrogens is 626 g/mol. The van der Waals surface area contributed by atoms with Gasteiger partial charge in [-0.2, -0.15) is 0 Å². The lowest BCUT2D eigenvalue weighted by Crippen LogP contribution is -2.44. The fourth-order valence-electron chi connectivity index (χ4n) is 4.94. The van der Waals surface area contributed by atoms with Gasteiger partial charge in [0.2, 0.25) is 11.8 Å². The minimum Gasteiger partial charge on any atom is -0.442 e. The predicted molar refractivity (Wildman–Crippen MR) is 165 cm³/mol. The number of anilines is 2. The van der Waals surface area contributed by atoms with E-state index in [1.165, 1.54) is 17.3 Å². The molecule has 2 aliphatic heterocycles. The van der Waals surface area contributed by atoms with E-state index in [0.717, 1.165) is 21.9 Å². The number of hydrogen-bond acceptors (Lipinski definition) is 10. The summed E-state index contributed by atoms with van der Waals surface area (Å²) in [6, 6.07) is 9.20. The van der Waals surface area contributed by atoms with Crippen LogP contribution in [0.15, 0.2) is 48.9 Å². The first-order valence-corrected chi connectivity index (χ1v) is 15.5. The number of rotatable bonds is 12. The Kier molecular flexibility index (Phi) is 10.4. The summed E-state index contributed by atoms with van der Waals surface area (Å²) < 4.78 is 11.1. The molecule has 4 heterocycles. The lowest BCUT2D eigenvalue weighted by atomic mass is 10.1. The number of ether oxygens (including phenoxy) is 2. The van der Waals surface area contributed by atoms with Crippen molar-refractivity contribution in [2.45, 2.75) is 31.4 Å². The Morgan fingerprint density at radius 1 is 1.16 bits per heavy atom. The van der Waals surface area contributed by atoms with Gasteiger partial charge in [0, 0.05) is 49.2 Å². The lowest BCUT2D eigenvalue weighted by Gasteiger charge is -2.27. The molecule has 0 unspecified atom stereocenters. The standard InChI is InChI=1S/C29H32ClN7O7S/c30-24-8-7-23(45-24)28(41)37(25(38)2-1-9-33-27(40)22(31)12-18-13-32-17-34-18)15-21-14-36(29(42)44-21)20-5-3-19(4-6-20)35-10-11-43-16-26(35)39/h3-8,13,17,21-22H,1-2,9-12,14-16,31H2,(H,32,34)(H,33,40)/t21-,22+/m1/s1. The molecule has 14 nitrogen and oxygen atoms in total. The van der Waals surface area contributed by atoms with E-state index < -0.39 is 30.1 Å². The van der Waals surface area contributed by atoms with Gasteiger partial charge in [0.15, 0.2) is 0 Å². The topological polar surface area (TPSA) is 180 Å². The number of amides is 5. The molecular formula is C29H32ClN7O7S. The molecule has 2 fully saturated rings. The molecule has 0 bridgehead atoms. The SMILES string of the molecule is N[C@@H](Cc1cnc[nH]1)C(=O)NCCCC(=O)N(C[C@H]1CN(c2ccc(N3CCOCC3=O)cc2)C(=O)O1)C(=O)c1ccc(Cl)s1. The summed E-state index contributed by atoms with van der Waals surface area (Å²) in [4.78, 5) is 75.2. The molecule has 2 atom stereocenters. The number of nitrogens with one attached hydrogen (secondary N) is 2. The third kappa shape index (κ3) is 8.05. The predicted octanol–water partition coefficient (Wildman–Crippen LogP) is 1.95. The Morgan fingerprint density at radius 2 is 1.91 bits per heavy atom. The number of carbonyl (C=O) groups excluding carboxylic acids is 5. The van der Waals surface area contributed by atoms with Crippen molar-refractivity contribution in [3.63, 3.8) is 0 Å². The molecule has 2 saturated heterocycles. The number of imide groups is 1. The summed E-state index contributed by atoms with van der Waals surface area (Å²) in [5, 5.41) is 2.71. The van der Waals surface area contributed by atoms with Gasteiger partial charge >= 0.3 is 6.09 Å². The van der Waals surface area contributed by atoms with E-state index in [0.29, 0.717) is 28.9 Å². The second-order valence-electron chi connectivity index (χ2n) is 10.4. The lowest BCUT2D eigenvalue weighted by molar-refractivity contribution is -0.130. The van der Waals surface area contributed by atoms with Gasteiger partial charge < -0.3 is 30.4 Å². The Balaban J connectivity index is 1.18. The quantitative estimate of drug-likeness (QED) is 0.245. The van der Waals surface area contributed by atoms with E-state index in [-0.39, 0.29) is 62.2 Å². The average molecular weight is 658 g/mol. The number of benzene rings is 1. The van der Waals surface area contributed by atoms with Gasteiger partial charge in [0.05, 0.1) is 41.3 Å². The molecule has 0 aliphatic carbocycles. The first kappa shape index (κ1) is 32.1. The van der Waals surface area contributed by atoms with Crippen molar-refractivity contribution < 1.29 is 33.4 Å². The number of halogens is 1. The van der Waals surface area contributed by atoms with Crippen molar-refractivity contribution in [1.82, 2.24) is 20.2 Å². The van der Waals surface area contributed by atoms with Gasteiger partial charge in [0.1, 0.15) is 12.7 Å². The molecule has 0 radical (unpaired) electrons. The molecule has 45 heavy (non-hydrogen) atoms. The van der Waals surface area contributed by atoms with Crippen molar-refractivity contribution in [3.05, 3.63) is 63.8 Å². The molecule has 238 valence electrons. The molecule has 0 spiro atoms. The minimum atomic E-state index is -0.791. The van der Waals surface area contributed by atoms with Gasteiger partial charge in [-0.1, -0.05) is 11.6 Å². The van der Waals surface area contributed by atoms with Crippen molar-refractivity contribution >= 4 is 64.0 Å². The molecule has 1 aromatic carbocycles. The number of aromatic nitrogens is 2. The van der Waals surface area contributed by atoms with Crippen LogP contribution in [0.3, 0.4) is 0 Å². The van der Waals surface area contributed by atoms with Gasteiger partial charge in [-0.25, -0.2) is 9.78 Å². The first-order valence-electron chi connectivity index (χ1n) is 14.3. The van der Waals surface area contributed by atoms with E-state index in [2.05, 4.69) is 15.3 Å². The molecule has 16 heteroatoms. The number of hydrogen-bond donors (Lipinski definition) is 3. The van der Waals surface area contributed by atoms with Gasteiger partial charge in [-0.05, 0) is 42.8 Å². The highest BCUT2D eigenvalue weighted by Crippen LogP contribution is 2.27. The zero-order valence-electron chi connectivity index (χ0n) is 24.1. The number of carbonyl (C=O) groups is 5. The van der Waals surface area contributed by atoms with E-state index in [1.807, 2.05) is 0 Å². The Labute approximate surface area is 267 Å². The summed E-state index contributed by atoms with van der Waals surface area (Å²) in [6.45, 7) is 0.994. The average Bonchev–Trinajstić information content (AvgIpc) is 3.79. The first-order chi connectivity index (χ1) is 21.7. The van der Waals surface area contributed by atoms with Crippen LogP contribution < -0.4 is 20.9 Å². The zero-order chi connectivity index (χ0) is 31.9. The highest BCUT2D eigenvalue weighted by atomic mass is 35.5. The summed E-state index contributed by atoms with van der Waals surface area (Å²) in [5.41, 5.74) is 7.91. The van der Waals surface area contributed by atoms with Crippen LogP contribution in [0.5, 0.6) is 0 Å². The summed E-state index contributed by atoms with van der Waals surface area (Å²) in [6.07, 6.45) is 2.17. The fourth-order valence-corrected chi connectivity index (χ4v) is 5.93. The third-order valence-electron chi connectivity index (χ3n) is 7.25. The fraction of sp³-hybridized carbons (Fsp3) is 0.379. The molecule has 3 aromatic rings. The molecule has 5 amide bonds. The number of cyclic esters (lactones) is 1. The maximum atomic E-state index is 13.4. The second kappa shape index (κ2) is 14.6. The number of nitrogens with two attached hydrogens (primary N) is 1. The maximum absolute atomic E-state index is 13.4. The van der Waals surface area contributed by atoms with Gasteiger partial charge in [-0.3, -0.25) is 29.0 Å². The minimum absolute atomic E-state index is 0.0169. The number of aromatic amines is 1. The number of morpholine rings is 1. The van der Waals surface area contributed by atoms with Crippen molar-refractivity contribution in [1.29, 1.82) is 0 Å². The number of imidazole rings is 1. The van der Waals surface area contributed by atoms with E-state index in [4.69, 9.17) is 26.8 Å². The van der Waals surface area contributed by atoms with Crippen LogP contribution in [0.2, 0.25) is 4.34 Å². The molecule has 4 N–H and O–H groups in total. The molecule has 2 aromatic heterocycles. The van der Waals surface area contributed by atoms with Crippen LogP contribution in [0, 0.1) is 0 Å². The second-order valence-corrected chi connectivity index (χ2v) is 12.1. The van der Waals surface area contributed by atoms with Gasteiger partial charge in [-0.15, -0.1) is 11.3 Å². The van der Waals surface area contributed by atoms with Crippen LogP contribution in [-0.4, -0.2) is 96.1 Å². The molecule has 5 rings (SSSR count). The van der Waals surface area contributed by atoms with Crippen molar-refractivity contribution in [2.24, 2.45) is 5.73 Å². The smallest absolute Gasteiger partial charge is 0.414 e. The Morgan fingerprint density at radius 3 is 2.58 bits per heavy atom. The highest BCUT2D eigenvalue weighted by molar-refractivity contribution is 7.18. The number of H-pyrrole nitrogens is 1. The number of nitrogens with zero attached hydrogens (tertiary/aromatic N) is 4. The largest absolute Gasteiger partial charge is 0.442 e. The van der Waals surface area contributed by atoms with E-state index in [1.54, 1.807) is 41.4 Å². The molecule has 2 aliphatic rings. The Bertz CT molecular complexity index is 1530. The van der Waals surface area contributed by atoms with Crippen LogP contribution in [-0.2, 0) is 30.3 Å². The summed E-state index contributed by atoms with van der Waals surface area (Å²) in [5.74, 6) is -1.57. The molecule has 0 saturated carbocycles. The van der Waals surface area contributed by atoms with Crippen molar-refractivity contribution in [3.8, 4) is 0 Å². The van der Waals surface area contributed by atoms with Crippen molar-refractivity contribution in [2.75, 3.05) is 49.2 Å².